The Balaban J connectivity index is 1.46. The Morgan fingerprint density at radius 2 is 2.08 bits per heavy atom. The van der Waals surface area contributed by atoms with Crippen molar-refractivity contribution in [3.05, 3.63) is 34.6 Å². The van der Waals surface area contributed by atoms with Crippen molar-refractivity contribution in [1.82, 2.24) is 10.2 Å². The van der Waals surface area contributed by atoms with Crippen molar-refractivity contribution >= 4 is 17.6 Å². The molecule has 0 saturated heterocycles. The SMILES string of the molecule is CN(CC1(O)CCCC1)C(=O)NC1CC(c2ccc(F)c(Cl)c2)C1. The maximum absolute atomic E-state index is 13.2. The number of likely N-dealkylation sites (N-methyl/N-ethyl adjacent to an activating group) is 1. The standard InChI is InChI=1S/C18H24ClFN2O2/c1-22(11-18(24)6-2-3-7-18)17(23)21-14-8-13(9-14)12-4-5-16(20)15(19)10-12/h4-5,10,13-14,24H,2-3,6-9,11H2,1H3,(H,21,23). The molecule has 0 aliphatic heterocycles. The minimum Gasteiger partial charge on any atom is -0.388 e. The normalized spacial score (nSPS) is 25.2. The molecule has 0 radical (unpaired) electrons. The van der Waals surface area contributed by atoms with Gasteiger partial charge in [0.1, 0.15) is 5.82 Å². The summed E-state index contributed by atoms with van der Waals surface area (Å²) in [6, 6.07) is 4.79. The lowest BCUT2D eigenvalue weighted by atomic mass is 9.76. The molecule has 2 fully saturated rings. The van der Waals surface area contributed by atoms with Crippen LogP contribution in [0.25, 0.3) is 0 Å². The van der Waals surface area contributed by atoms with Crippen LogP contribution in [0.3, 0.4) is 0 Å². The third-order valence-electron chi connectivity index (χ3n) is 5.29. The van der Waals surface area contributed by atoms with Gasteiger partial charge < -0.3 is 15.3 Å². The lowest BCUT2D eigenvalue weighted by Crippen LogP contribution is -2.51. The van der Waals surface area contributed by atoms with Crippen molar-refractivity contribution in [1.29, 1.82) is 0 Å². The van der Waals surface area contributed by atoms with Gasteiger partial charge in [0.15, 0.2) is 0 Å². The van der Waals surface area contributed by atoms with Crippen LogP contribution in [0, 0.1) is 5.82 Å². The van der Waals surface area contributed by atoms with E-state index < -0.39 is 11.4 Å². The summed E-state index contributed by atoms with van der Waals surface area (Å²) in [5.41, 5.74) is 0.291. The average Bonchev–Trinajstić information content (AvgIpc) is 2.91. The van der Waals surface area contributed by atoms with E-state index in [-0.39, 0.29) is 17.1 Å². The Kier molecular flexibility index (Phi) is 5.02. The molecule has 2 N–H and O–H groups in total. The van der Waals surface area contributed by atoms with E-state index in [0.717, 1.165) is 44.1 Å². The Bertz CT molecular complexity index is 613. The predicted molar refractivity (Wildman–Crippen MR) is 91.8 cm³/mol. The molecule has 24 heavy (non-hydrogen) atoms. The minimum absolute atomic E-state index is 0.118. The Morgan fingerprint density at radius 1 is 1.42 bits per heavy atom. The summed E-state index contributed by atoms with van der Waals surface area (Å²) in [7, 11) is 1.72. The number of urea groups is 1. The molecule has 0 heterocycles. The number of carbonyl (C=O) groups is 1. The molecular formula is C18H24ClFN2O2. The van der Waals surface area contributed by atoms with E-state index in [2.05, 4.69) is 5.32 Å². The average molecular weight is 355 g/mol. The quantitative estimate of drug-likeness (QED) is 0.866. The number of amides is 2. The Labute approximate surface area is 147 Å². The predicted octanol–water partition coefficient (Wildman–Crippen LogP) is 3.67. The van der Waals surface area contributed by atoms with Crippen LogP contribution in [-0.2, 0) is 0 Å². The van der Waals surface area contributed by atoms with Crippen LogP contribution in [0.4, 0.5) is 9.18 Å². The highest BCUT2D eigenvalue weighted by atomic mass is 35.5. The van der Waals surface area contributed by atoms with Crippen molar-refractivity contribution in [3.63, 3.8) is 0 Å². The first-order valence-corrected chi connectivity index (χ1v) is 8.93. The lowest BCUT2D eigenvalue weighted by molar-refractivity contribution is 0.0240. The molecule has 2 amide bonds. The summed E-state index contributed by atoms with van der Waals surface area (Å²) in [5.74, 6) is -0.103. The molecule has 2 saturated carbocycles. The Hall–Kier alpha value is -1.33. The summed E-state index contributed by atoms with van der Waals surface area (Å²) in [5, 5.41) is 13.5. The third kappa shape index (κ3) is 3.83. The first-order chi connectivity index (χ1) is 11.4. The van der Waals surface area contributed by atoms with Gasteiger partial charge in [-0.05, 0) is 49.3 Å². The number of benzene rings is 1. The van der Waals surface area contributed by atoms with E-state index in [1.165, 1.54) is 6.07 Å². The summed E-state index contributed by atoms with van der Waals surface area (Å²) in [4.78, 5) is 13.8. The zero-order valence-electron chi connectivity index (χ0n) is 13.9. The van der Waals surface area contributed by atoms with Gasteiger partial charge in [-0.15, -0.1) is 0 Å². The summed E-state index contributed by atoms with van der Waals surface area (Å²) >= 11 is 5.82. The van der Waals surface area contributed by atoms with E-state index in [4.69, 9.17) is 11.6 Å². The van der Waals surface area contributed by atoms with Crippen molar-refractivity contribution in [2.24, 2.45) is 0 Å². The second-order valence-electron chi connectivity index (χ2n) is 7.28. The molecule has 2 aliphatic carbocycles. The summed E-state index contributed by atoms with van der Waals surface area (Å²) in [6.07, 6.45) is 5.23. The van der Waals surface area contributed by atoms with Crippen molar-refractivity contribution < 1.29 is 14.3 Å². The second kappa shape index (κ2) is 6.89. The van der Waals surface area contributed by atoms with Crippen LogP contribution in [0.2, 0.25) is 5.02 Å². The van der Waals surface area contributed by atoms with Crippen LogP contribution < -0.4 is 5.32 Å². The highest BCUT2D eigenvalue weighted by molar-refractivity contribution is 6.30. The maximum Gasteiger partial charge on any atom is 0.317 e. The topological polar surface area (TPSA) is 52.6 Å². The fourth-order valence-electron chi connectivity index (χ4n) is 3.76. The number of rotatable bonds is 4. The zero-order valence-corrected chi connectivity index (χ0v) is 14.7. The van der Waals surface area contributed by atoms with E-state index in [1.54, 1.807) is 24.1 Å². The molecule has 1 aromatic carbocycles. The molecule has 4 nitrogen and oxygen atoms in total. The number of nitrogens with zero attached hydrogens (tertiary/aromatic N) is 1. The minimum atomic E-state index is -0.723. The molecular weight excluding hydrogens is 331 g/mol. The summed E-state index contributed by atoms with van der Waals surface area (Å²) < 4.78 is 13.2. The van der Waals surface area contributed by atoms with Gasteiger partial charge in [0.05, 0.1) is 17.2 Å². The van der Waals surface area contributed by atoms with Crippen LogP contribution in [0.1, 0.15) is 50.0 Å². The van der Waals surface area contributed by atoms with Crippen molar-refractivity contribution in [2.45, 2.75) is 56.1 Å². The second-order valence-corrected chi connectivity index (χ2v) is 7.68. The molecule has 1 aromatic rings. The zero-order chi connectivity index (χ0) is 17.3. The third-order valence-corrected chi connectivity index (χ3v) is 5.58. The monoisotopic (exact) mass is 354 g/mol. The van der Waals surface area contributed by atoms with E-state index in [9.17, 15) is 14.3 Å². The van der Waals surface area contributed by atoms with E-state index in [1.807, 2.05) is 0 Å². The molecule has 3 rings (SSSR count). The molecule has 0 atom stereocenters. The van der Waals surface area contributed by atoms with Crippen molar-refractivity contribution in [3.8, 4) is 0 Å². The first-order valence-electron chi connectivity index (χ1n) is 8.55. The van der Waals surface area contributed by atoms with Gasteiger partial charge in [0.2, 0.25) is 0 Å². The van der Waals surface area contributed by atoms with Gasteiger partial charge in [-0.25, -0.2) is 9.18 Å². The van der Waals surface area contributed by atoms with Gasteiger partial charge >= 0.3 is 6.03 Å². The number of halogens is 2. The van der Waals surface area contributed by atoms with Gasteiger partial charge in [-0.2, -0.15) is 0 Å². The lowest BCUT2D eigenvalue weighted by Gasteiger charge is -2.38. The largest absolute Gasteiger partial charge is 0.388 e. The molecule has 0 bridgehead atoms. The molecule has 0 spiro atoms. The molecule has 2 aliphatic rings. The highest BCUT2D eigenvalue weighted by Crippen LogP contribution is 2.38. The number of hydrogen-bond donors (Lipinski definition) is 2. The molecule has 0 unspecified atom stereocenters. The maximum atomic E-state index is 13.2. The van der Waals surface area contributed by atoms with Gasteiger partial charge in [-0.3, -0.25) is 0 Å². The Morgan fingerprint density at radius 3 is 2.71 bits per heavy atom. The van der Waals surface area contributed by atoms with Gasteiger partial charge in [0, 0.05) is 13.1 Å². The number of aliphatic hydroxyl groups is 1. The number of nitrogens with one attached hydrogen (secondary N) is 1. The van der Waals surface area contributed by atoms with Crippen molar-refractivity contribution in [2.75, 3.05) is 13.6 Å². The van der Waals surface area contributed by atoms with E-state index in [0.29, 0.717) is 12.5 Å². The molecule has 0 aromatic heterocycles. The highest BCUT2D eigenvalue weighted by Gasteiger charge is 2.35. The van der Waals surface area contributed by atoms with Crippen LogP contribution in [-0.4, -0.2) is 41.3 Å². The first kappa shape index (κ1) is 17.5. The fraction of sp³-hybridized carbons (Fsp3) is 0.611. The van der Waals surface area contributed by atoms with Crippen LogP contribution in [0.5, 0.6) is 0 Å². The number of hydrogen-bond acceptors (Lipinski definition) is 2. The van der Waals surface area contributed by atoms with Crippen LogP contribution in [0.15, 0.2) is 18.2 Å². The van der Waals surface area contributed by atoms with E-state index >= 15 is 0 Å². The fourth-order valence-corrected chi connectivity index (χ4v) is 3.95. The molecule has 6 heteroatoms. The smallest absolute Gasteiger partial charge is 0.317 e. The van der Waals surface area contributed by atoms with Gasteiger partial charge in [-0.1, -0.05) is 30.5 Å². The van der Waals surface area contributed by atoms with Crippen LogP contribution >= 0.6 is 11.6 Å². The van der Waals surface area contributed by atoms with Gasteiger partial charge in [0.25, 0.3) is 0 Å². The molecule has 132 valence electrons. The summed E-state index contributed by atoms with van der Waals surface area (Å²) in [6.45, 7) is 0.378. The number of carbonyl (C=O) groups excluding carboxylic acids is 1.